The zero-order chi connectivity index (χ0) is 23.1. The molecule has 2 aliphatic heterocycles. The van der Waals surface area contributed by atoms with Crippen LogP contribution in [0.3, 0.4) is 0 Å². The number of hydrogen-bond donors (Lipinski definition) is 0. The van der Waals surface area contributed by atoms with Crippen LogP contribution in [0, 0.1) is 0 Å². The van der Waals surface area contributed by atoms with Crippen LogP contribution in [0.5, 0.6) is 11.5 Å². The van der Waals surface area contributed by atoms with Crippen molar-refractivity contribution in [2.24, 2.45) is 0 Å². The minimum absolute atomic E-state index is 0.0229. The molecule has 0 N–H and O–H groups in total. The second-order valence-corrected chi connectivity index (χ2v) is 10.1. The normalized spacial score (nSPS) is 19.4. The van der Waals surface area contributed by atoms with E-state index in [1.807, 2.05) is 64.9 Å². The summed E-state index contributed by atoms with van der Waals surface area (Å²) in [5, 5.41) is 1.97. The van der Waals surface area contributed by atoms with E-state index in [0.29, 0.717) is 17.2 Å². The highest BCUT2D eigenvalue weighted by atomic mass is 32.1. The smallest absolute Gasteiger partial charge is 0.255 e. The van der Waals surface area contributed by atoms with Gasteiger partial charge in [-0.2, -0.15) is 0 Å². The highest BCUT2D eigenvalue weighted by molar-refractivity contribution is 7.10. The minimum Gasteiger partial charge on any atom is -0.454 e. The maximum absolute atomic E-state index is 14.1. The molecule has 1 saturated carbocycles. The first-order chi connectivity index (χ1) is 16.7. The van der Waals surface area contributed by atoms with E-state index in [4.69, 9.17) is 9.47 Å². The largest absolute Gasteiger partial charge is 0.454 e. The SMILES string of the molecule is O=C1C(N(C(=O)Cc2cccs2)c2ccc3c(c2)OCO3)c2ccccc2N1C1CCCCC1. The van der Waals surface area contributed by atoms with E-state index in [2.05, 4.69) is 0 Å². The van der Waals surface area contributed by atoms with Crippen molar-refractivity contribution >= 4 is 34.5 Å². The monoisotopic (exact) mass is 474 g/mol. The number of ether oxygens (including phenoxy) is 2. The van der Waals surface area contributed by atoms with Crippen LogP contribution in [0.15, 0.2) is 60.0 Å². The zero-order valence-corrected chi connectivity index (χ0v) is 19.6. The number of benzene rings is 2. The maximum atomic E-state index is 14.1. The number of amides is 2. The number of anilines is 2. The van der Waals surface area contributed by atoms with Gasteiger partial charge in [0.15, 0.2) is 11.5 Å². The summed E-state index contributed by atoms with van der Waals surface area (Å²) in [6.45, 7) is 0.155. The molecular formula is C27H26N2O4S. The Balaban J connectivity index is 1.44. The van der Waals surface area contributed by atoms with Crippen molar-refractivity contribution in [2.45, 2.75) is 50.6 Å². The molecule has 3 heterocycles. The summed E-state index contributed by atoms with van der Waals surface area (Å²) in [5.41, 5.74) is 2.46. The number of carbonyl (C=O) groups is 2. The topological polar surface area (TPSA) is 59.1 Å². The number of fused-ring (bicyclic) bond motifs is 2. The second-order valence-electron chi connectivity index (χ2n) is 9.02. The summed E-state index contributed by atoms with van der Waals surface area (Å²) in [6, 6.07) is 16.8. The van der Waals surface area contributed by atoms with Crippen molar-refractivity contribution in [1.29, 1.82) is 0 Å². The van der Waals surface area contributed by atoms with Crippen molar-refractivity contribution in [2.75, 3.05) is 16.6 Å². The number of carbonyl (C=O) groups excluding carboxylic acids is 2. The molecule has 0 spiro atoms. The Labute approximate surface area is 202 Å². The van der Waals surface area contributed by atoms with E-state index in [-0.39, 0.29) is 31.1 Å². The van der Waals surface area contributed by atoms with Crippen LogP contribution in [-0.4, -0.2) is 24.6 Å². The predicted molar refractivity (Wildman–Crippen MR) is 132 cm³/mol. The van der Waals surface area contributed by atoms with Crippen LogP contribution in [0.1, 0.15) is 48.6 Å². The molecule has 174 valence electrons. The number of thiophene rings is 1. The van der Waals surface area contributed by atoms with Crippen molar-refractivity contribution in [1.82, 2.24) is 0 Å². The summed E-state index contributed by atoms with van der Waals surface area (Å²) in [6.07, 6.45) is 5.71. The molecular weight excluding hydrogens is 448 g/mol. The van der Waals surface area contributed by atoms with Gasteiger partial charge < -0.3 is 14.4 Å². The van der Waals surface area contributed by atoms with Crippen LogP contribution in [-0.2, 0) is 16.0 Å². The first kappa shape index (κ1) is 21.2. The summed E-state index contributed by atoms with van der Waals surface area (Å²) < 4.78 is 11.1. The quantitative estimate of drug-likeness (QED) is 0.492. The third-order valence-corrected chi connectivity index (χ3v) is 7.85. The van der Waals surface area contributed by atoms with Gasteiger partial charge >= 0.3 is 0 Å². The lowest BCUT2D eigenvalue weighted by molar-refractivity contribution is -0.124. The van der Waals surface area contributed by atoms with Crippen molar-refractivity contribution in [3.05, 3.63) is 70.4 Å². The van der Waals surface area contributed by atoms with Gasteiger partial charge in [0.25, 0.3) is 5.91 Å². The lowest BCUT2D eigenvalue weighted by Gasteiger charge is -2.33. The van der Waals surface area contributed by atoms with Gasteiger partial charge in [0.1, 0.15) is 6.04 Å². The predicted octanol–water partition coefficient (Wildman–Crippen LogP) is 5.47. The van der Waals surface area contributed by atoms with Gasteiger partial charge in [-0.3, -0.25) is 14.5 Å². The molecule has 2 aromatic carbocycles. The molecule has 7 heteroatoms. The van der Waals surface area contributed by atoms with Crippen LogP contribution in [0.2, 0.25) is 0 Å². The molecule has 6 rings (SSSR count). The standard InChI is InChI=1S/C27H26N2O4S/c30-25(16-20-9-6-14-34-20)29(19-12-13-23-24(15-19)33-17-32-23)26-21-10-4-5-11-22(21)28(27(26)31)18-7-2-1-3-8-18/h4-6,9-15,18,26H,1-3,7-8,16-17H2. The molecule has 1 unspecified atom stereocenters. The number of nitrogens with zero attached hydrogens (tertiary/aromatic N) is 2. The fourth-order valence-electron chi connectivity index (χ4n) is 5.41. The highest BCUT2D eigenvalue weighted by Gasteiger charge is 2.46. The molecule has 2 amide bonds. The van der Waals surface area contributed by atoms with Gasteiger partial charge in [-0.05, 0) is 42.5 Å². The molecule has 6 nitrogen and oxygen atoms in total. The van der Waals surface area contributed by atoms with Crippen LogP contribution >= 0.6 is 11.3 Å². The van der Waals surface area contributed by atoms with Crippen LogP contribution < -0.4 is 19.3 Å². The van der Waals surface area contributed by atoms with Crippen molar-refractivity contribution in [3.63, 3.8) is 0 Å². The second kappa shape index (κ2) is 8.80. The summed E-state index contributed by atoms with van der Waals surface area (Å²) in [7, 11) is 0. The number of rotatable bonds is 5. The Kier molecular flexibility index (Phi) is 5.49. The average molecular weight is 475 g/mol. The Morgan fingerprint density at radius 2 is 1.82 bits per heavy atom. The van der Waals surface area contributed by atoms with E-state index < -0.39 is 6.04 Å². The van der Waals surface area contributed by atoms with E-state index in [1.165, 1.54) is 6.42 Å². The highest BCUT2D eigenvalue weighted by Crippen LogP contribution is 2.46. The van der Waals surface area contributed by atoms with E-state index >= 15 is 0 Å². The molecule has 3 aliphatic rings. The Morgan fingerprint density at radius 1 is 1.00 bits per heavy atom. The third-order valence-electron chi connectivity index (χ3n) is 6.97. The minimum atomic E-state index is -0.703. The molecule has 0 bridgehead atoms. The fraction of sp³-hybridized carbons (Fsp3) is 0.333. The Hall–Kier alpha value is -3.32. The van der Waals surface area contributed by atoms with Crippen molar-refractivity contribution in [3.8, 4) is 11.5 Å². The molecule has 3 aromatic rings. The molecule has 1 aromatic heterocycles. The summed E-state index contributed by atoms with van der Waals surface area (Å²) in [4.78, 5) is 32.5. The lowest BCUT2D eigenvalue weighted by atomic mass is 9.94. The van der Waals surface area contributed by atoms with Gasteiger partial charge in [0, 0.05) is 33.9 Å². The zero-order valence-electron chi connectivity index (χ0n) is 18.8. The van der Waals surface area contributed by atoms with E-state index in [1.54, 1.807) is 16.2 Å². The number of para-hydroxylation sites is 1. The van der Waals surface area contributed by atoms with Gasteiger partial charge in [-0.1, -0.05) is 43.5 Å². The maximum Gasteiger partial charge on any atom is 0.255 e. The van der Waals surface area contributed by atoms with Gasteiger partial charge in [0.05, 0.1) is 6.42 Å². The molecule has 1 atom stereocenters. The molecule has 0 radical (unpaired) electrons. The van der Waals surface area contributed by atoms with Gasteiger partial charge in [0.2, 0.25) is 12.7 Å². The van der Waals surface area contributed by atoms with Crippen LogP contribution in [0.4, 0.5) is 11.4 Å². The third kappa shape index (κ3) is 3.64. The summed E-state index contributed by atoms with van der Waals surface area (Å²) in [5.74, 6) is 1.11. The first-order valence-corrected chi connectivity index (χ1v) is 12.7. The van der Waals surface area contributed by atoms with Gasteiger partial charge in [-0.25, -0.2) is 0 Å². The Bertz CT molecular complexity index is 1220. The molecule has 1 fully saturated rings. The fourth-order valence-corrected chi connectivity index (χ4v) is 6.10. The Morgan fingerprint density at radius 3 is 2.65 bits per heavy atom. The first-order valence-electron chi connectivity index (χ1n) is 11.9. The van der Waals surface area contributed by atoms with E-state index in [0.717, 1.165) is 41.8 Å². The molecule has 34 heavy (non-hydrogen) atoms. The lowest BCUT2D eigenvalue weighted by Crippen LogP contribution is -2.45. The molecule has 0 saturated heterocycles. The van der Waals surface area contributed by atoms with Gasteiger partial charge in [-0.15, -0.1) is 11.3 Å². The number of hydrogen-bond acceptors (Lipinski definition) is 5. The average Bonchev–Trinajstić information content (AvgIpc) is 3.60. The van der Waals surface area contributed by atoms with Crippen molar-refractivity contribution < 1.29 is 19.1 Å². The summed E-state index contributed by atoms with van der Waals surface area (Å²) >= 11 is 1.55. The van der Waals surface area contributed by atoms with Crippen LogP contribution in [0.25, 0.3) is 0 Å². The van der Waals surface area contributed by atoms with E-state index in [9.17, 15) is 9.59 Å². The molecule has 1 aliphatic carbocycles.